The third-order valence-corrected chi connectivity index (χ3v) is 4.39. The second-order valence-corrected chi connectivity index (χ2v) is 5.91. The summed E-state index contributed by atoms with van der Waals surface area (Å²) in [6, 6.07) is 1.90. The molecule has 0 aromatic carbocycles. The largest absolute Gasteiger partial charge is 0.472 e. The van der Waals surface area contributed by atoms with Gasteiger partial charge in [0.2, 0.25) is 0 Å². The Morgan fingerprint density at radius 3 is 3.00 bits per heavy atom. The van der Waals surface area contributed by atoms with Crippen LogP contribution in [-0.2, 0) is 13.1 Å². The number of hydrogen-bond donors (Lipinski definition) is 2. The molecule has 20 heavy (non-hydrogen) atoms. The molecule has 0 saturated heterocycles. The fourth-order valence-electron chi connectivity index (χ4n) is 2.10. The second kappa shape index (κ2) is 5.22. The van der Waals surface area contributed by atoms with Crippen molar-refractivity contribution in [2.45, 2.75) is 26.9 Å². The number of hydrogen-bond acceptors (Lipinski definition) is 5. The standard InChI is InChI=1S/C14H15N3O2S/c1-8-9(2)20-14-12(8)13(18)16-11(17-14)6-15-5-10-3-4-19-7-10/h3-4,7,15H,5-6H2,1-2H3,(H,16,17,18). The highest BCUT2D eigenvalue weighted by molar-refractivity contribution is 7.18. The van der Waals surface area contributed by atoms with E-state index in [0.29, 0.717) is 24.3 Å². The lowest BCUT2D eigenvalue weighted by atomic mass is 10.2. The van der Waals surface area contributed by atoms with Crippen molar-refractivity contribution in [3.63, 3.8) is 0 Å². The molecule has 0 bridgehead atoms. The van der Waals surface area contributed by atoms with E-state index in [4.69, 9.17) is 4.42 Å². The van der Waals surface area contributed by atoms with E-state index in [2.05, 4.69) is 15.3 Å². The first-order valence-electron chi connectivity index (χ1n) is 6.36. The van der Waals surface area contributed by atoms with Gasteiger partial charge < -0.3 is 14.7 Å². The third kappa shape index (κ3) is 2.39. The zero-order valence-corrected chi connectivity index (χ0v) is 12.1. The molecule has 3 aromatic rings. The molecule has 6 heteroatoms. The molecule has 0 atom stereocenters. The molecular formula is C14H15N3O2S. The van der Waals surface area contributed by atoms with Crippen LogP contribution < -0.4 is 10.9 Å². The van der Waals surface area contributed by atoms with Gasteiger partial charge in [0.1, 0.15) is 10.7 Å². The van der Waals surface area contributed by atoms with Crippen molar-refractivity contribution in [1.29, 1.82) is 0 Å². The molecule has 0 aliphatic rings. The Bertz CT molecular complexity index is 787. The highest BCUT2D eigenvalue weighted by Crippen LogP contribution is 2.25. The van der Waals surface area contributed by atoms with Crippen molar-refractivity contribution >= 4 is 21.6 Å². The van der Waals surface area contributed by atoms with Gasteiger partial charge in [0.25, 0.3) is 5.56 Å². The van der Waals surface area contributed by atoms with Crippen molar-refractivity contribution in [2.75, 3.05) is 0 Å². The average Bonchev–Trinajstić information content (AvgIpc) is 2.99. The first-order chi connectivity index (χ1) is 9.65. The lowest BCUT2D eigenvalue weighted by Gasteiger charge is -2.02. The van der Waals surface area contributed by atoms with Gasteiger partial charge >= 0.3 is 0 Å². The quantitative estimate of drug-likeness (QED) is 0.774. The van der Waals surface area contributed by atoms with Crippen molar-refractivity contribution in [3.05, 3.63) is 50.8 Å². The van der Waals surface area contributed by atoms with Gasteiger partial charge in [-0.25, -0.2) is 4.98 Å². The molecule has 3 aromatic heterocycles. The molecular weight excluding hydrogens is 274 g/mol. The number of rotatable bonds is 4. The number of aryl methyl sites for hydroxylation is 2. The Balaban J connectivity index is 1.80. The monoisotopic (exact) mass is 289 g/mol. The highest BCUT2D eigenvalue weighted by Gasteiger charge is 2.11. The predicted octanol–water partition coefficient (Wildman–Crippen LogP) is 2.48. The maximum atomic E-state index is 12.1. The van der Waals surface area contributed by atoms with E-state index in [-0.39, 0.29) is 5.56 Å². The molecule has 0 amide bonds. The summed E-state index contributed by atoms with van der Waals surface area (Å²) in [7, 11) is 0. The first kappa shape index (κ1) is 13.1. The fraction of sp³-hybridized carbons (Fsp3) is 0.286. The Morgan fingerprint density at radius 2 is 2.25 bits per heavy atom. The van der Waals surface area contributed by atoms with Crippen LogP contribution in [0.15, 0.2) is 27.8 Å². The van der Waals surface area contributed by atoms with E-state index in [1.807, 2.05) is 19.9 Å². The van der Waals surface area contributed by atoms with Gasteiger partial charge in [0.05, 0.1) is 24.5 Å². The summed E-state index contributed by atoms with van der Waals surface area (Å²) in [5.41, 5.74) is 2.03. The molecule has 104 valence electrons. The molecule has 3 heterocycles. The minimum atomic E-state index is -0.0584. The van der Waals surface area contributed by atoms with Gasteiger partial charge in [0.15, 0.2) is 0 Å². The van der Waals surface area contributed by atoms with E-state index in [1.54, 1.807) is 23.9 Å². The minimum absolute atomic E-state index is 0.0584. The molecule has 5 nitrogen and oxygen atoms in total. The number of aromatic nitrogens is 2. The summed E-state index contributed by atoms with van der Waals surface area (Å²) in [4.78, 5) is 21.4. The van der Waals surface area contributed by atoms with Crippen LogP contribution in [0.2, 0.25) is 0 Å². The van der Waals surface area contributed by atoms with Crippen LogP contribution in [0.5, 0.6) is 0 Å². The second-order valence-electron chi connectivity index (χ2n) is 4.71. The van der Waals surface area contributed by atoms with E-state index < -0.39 is 0 Å². The van der Waals surface area contributed by atoms with Gasteiger partial charge in [0, 0.05) is 17.0 Å². The highest BCUT2D eigenvalue weighted by atomic mass is 32.1. The van der Waals surface area contributed by atoms with Gasteiger partial charge in [-0.3, -0.25) is 4.79 Å². The van der Waals surface area contributed by atoms with Crippen molar-refractivity contribution in [3.8, 4) is 0 Å². The molecule has 0 aliphatic heterocycles. The number of aromatic amines is 1. The maximum absolute atomic E-state index is 12.1. The zero-order valence-electron chi connectivity index (χ0n) is 11.3. The smallest absolute Gasteiger partial charge is 0.259 e. The van der Waals surface area contributed by atoms with E-state index in [9.17, 15) is 4.79 Å². The van der Waals surface area contributed by atoms with Crippen molar-refractivity contribution in [2.24, 2.45) is 0 Å². The Morgan fingerprint density at radius 1 is 1.40 bits per heavy atom. The summed E-state index contributed by atoms with van der Waals surface area (Å²) < 4.78 is 5.00. The molecule has 0 radical (unpaired) electrons. The number of thiophene rings is 1. The molecule has 3 rings (SSSR count). The molecule has 0 unspecified atom stereocenters. The first-order valence-corrected chi connectivity index (χ1v) is 7.17. The molecule has 0 spiro atoms. The van der Waals surface area contributed by atoms with Crippen molar-refractivity contribution in [1.82, 2.24) is 15.3 Å². The number of H-pyrrole nitrogens is 1. The van der Waals surface area contributed by atoms with Crippen LogP contribution in [0, 0.1) is 13.8 Å². The van der Waals surface area contributed by atoms with Crippen LogP contribution in [-0.4, -0.2) is 9.97 Å². The van der Waals surface area contributed by atoms with E-state index in [1.165, 1.54) is 0 Å². The average molecular weight is 289 g/mol. The summed E-state index contributed by atoms with van der Waals surface area (Å²) in [5, 5.41) is 3.94. The molecule has 0 saturated carbocycles. The number of nitrogens with one attached hydrogen (secondary N) is 2. The fourth-order valence-corrected chi connectivity index (χ4v) is 3.15. The van der Waals surface area contributed by atoms with Gasteiger partial charge in [-0.05, 0) is 25.5 Å². The van der Waals surface area contributed by atoms with Crippen LogP contribution in [0.1, 0.15) is 21.8 Å². The Labute approximate surface area is 119 Å². The topological polar surface area (TPSA) is 70.9 Å². The van der Waals surface area contributed by atoms with Crippen LogP contribution in [0.25, 0.3) is 10.2 Å². The van der Waals surface area contributed by atoms with Gasteiger partial charge in [-0.1, -0.05) is 0 Å². The lowest BCUT2D eigenvalue weighted by molar-refractivity contribution is 0.559. The maximum Gasteiger partial charge on any atom is 0.259 e. The van der Waals surface area contributed by atoms with Crippen LogP contribution >= 0.6 is 11.3 Å². The SMILES string of the molecule is Cc1sc2nc(CNCc3ccoc3)[nH]c(=O)c2c1C. The summed E-state index contributed by atoms with van der Waals surface area (Å²) in [6.45, 7) is 5.17. The van der Waals surface area contributed by atoms with Crippen LogP contribution in [0.3, 0.4) is 0 Å². The zero-order chi connectivity index (χ0) is 14.1. The Kier molecular flexibility index (Phi) is 3.42. The Hall–Kier alpha value is -1.92. The summed E-state index contributed by atoms with van der Waals surface area (Å²) in [6.07, 6.45) is 3.33. The van der Waals surface area contributed by atoms with Gasteiger partial charge in [-0.2, -0.15) is 0 Å². The number of nitrogens with zero attached hydrogens (tertiary/aromatic N) is 1. The van der Waals surface area contributed by atoms with Crippen molar-refractivity contribution < 1.29 is 4.42 Å². The number of furan rings is 1. The van der Waals surface area contributed by atoms with E-state index in [0.717, 1.165) is 20.8 Å². The molecule has 2 N–H and O–H groups in total. The molecule has 0 fully saturated rings. The lowest BCUT2D eigenvalue weighted by Crippen LogP contribution is -2.18. The third-order valence-electron chi connectivity index (χ3n) is 3.29. The summed E-state index contributed by atoms with van der Waals surface area (Å²) in [5.74, 6) is 0.659. The summed E-state index contributed by atoms with van der Waals surface area (Å²) >= 11 is 1.56. The van der Waals surface area contributed by atoms with Gasteiger partial charge in [-0.15, -0.1) is 11.3 Å². The molecule has 0 aliphatic carbocycles. The minimum Gasteiger partial charge on any atom is -0.472 e. The normalized spacial score (nSPS) is 11.3. The predicted molar refractivity (Wildman–Crippen MR) is 79.0 cm³/mol. The van der Waals surface area contributed by atoms with Crippen LogP contribution in [0.4, 0.5) is 0 Å². The van der Waals surface area contributed by atoms with E-state index >= 15 is 0 Å². The number of fused-ring (bicyclic) bond motifs is 1.